The lowest BCUT2D eigenvalue weighted by molar-refractivity contribution is 1.25. The van der Waals surface area contributed by atoms with E-state index in [4.69, 9.17) is 0 Å². The van der Waals surface area contributed by atoms with E-state index in [2.05, 4.69) is 10.9 Å². The van der Waals surface area contributed by atoms with E-state index in [9.17, 15) is 0 Å². The third-order valence-corrected chi connectivity index (χ3v) is 1.32. The monoisotopic (exact) mass is 119 g/mol. The summed E-state index contributed by atoms with van der Waals surface area (Å²) in [5.74, 6) is 2.78. The maximum absolute atomic E-state index is 4.02. The van der Waals surface area contributed by atoms with Crippen molar-refractivity contribution in [3.8, 4) is 0 Å². The van der Waals surface area contributed by atoms with Gasteiger partial charge in [-0.15, -0.1) is 0 Å². The van der Waals surface area contributed by atoms with Gasteiger partial charge in [-0.3, -0.25) is 0 Å². The molecule has 1 aliphatic rings. The number of hydrogen-bond acceptors (Lipinski definition) is 1. The van der Waals surface area contributed by atoms with Gasteiger partial charge in [0.05, 0.1) is 5.70 Å². The Kier molecular flexibility index (Phi) is 1.66. The van der Waals surface area contributed by atoms with Crippen LogP contribution >= 0.6 is 0 Å². The minimum Gasteiger partial charge on any atom is -0.211 e. The Bertz CT molecular complexity index is 225. The molecule has 9 heavy (non-hydrogen) atoms. The van der Waals surface area contributed by atoms with Crippen molar-refractivity contribution in [2.45, 2.75) is 13.8 Å². The Morgan fingerprint density at radius 1 is 1.44 bits per heavy atom. The molecule has 1 nitrogen and oxygen atoms in total. The number of hydrogen-bond donors (Lipinski definition) is 0. The first-order chi connectivity index (χ1) is 4.30. The van der Waals surface area contributed by atoms with Gasteiger partial charge in [-0.1, -0.05) is 12.2 Å². The van der Waals surface area contributed by atoms with Gasteiger partial charge in [-0.05, 0) is 31.4 Å². The Morgan fingerprint density at radius 2 is 2.22 bits per heavy atom. The lowest BCUT2D eigenvalue weighted by atomic mass is 10.2. The first kappa shape index (κ1) is 6.06. The molecule has 0 saturated heterocycles. The maximum Gasteiger partial charge on any atom is 0.0501 e. The lowest BCUT2D eigenvalue weighted by Gasteiger charge is -1.90. The van der Waals surface area contributed by atoms with Gasteiger partial charge < -0.3 is 0 Å². The third-order valence-electron chi connectivity index (χ3n) is 1.32. The summed E-state index contributed by atoms with van der Waals surface area (Å²) >= 11 is 0. The molecule has 1 rings (SSSR count). The van der Waals surface area contributed by atoms with Crippen LogP contribution in [0.1, 0.15) is 13.8 Å². The van der Waals surface area contributed by atoms with E-state index in [0.29, 0.717) is 0 Å². The molecule has 1 heteroatoms. The zero-order valence-electron chi connectivity index (χ0n) is 5.68. The number of aliphatic imine (C=N–C) groups is 1. The zero-order chi connectivity index (χ0) is 6.69. The van der Waals surface area contributed by atoms with Crippen LogP contribution in [0.25, 0.3) is 0 Å². The van der Waals surface area contributed by atoms with Crippen molar-refractivity contribution >= 4 is 5.87 Å². The molecular formula is C8H9N. The van der Waals surface area contributed by atoms with E-state index >= 15 is 0 Å². The fourth-order valence-corrected chi connectivity index (χ4v) is 0.578. The molecule has 1 aliphatic heterocycles. The van der Waals surface area contributed by atoms with E-state index in [1.165, 1.54) is 5.57 Å². The molecule has 0 bridgehead atoms. The predicted octanol–water partition coefficient (Wildman–Crippen LogP) is 2.08. The minimum atomic E-state index is 1.04. The molecule has 0 spiro atoms. The second-order valence-electron chi connectivity index (χ2n) is 2.04. The van der Waals surface area contributed by atoms with Crippen molar-refractivity contribution in [1.82, 2.24) is 0 Å². The van der Waals surface area contributed by atoms with E-state index < -0.39 is 0 Å². The first-order valence-electron chi connectivity index (χ1n) is 2.94. The topological polar surface area (TPSA) is 12.4 Å². The van der Waals surface area contributed by atoms with Gasteiger partial charge in [0.1, 0.15) is 0 Å². The summed E-state index contributed by atoms with van der Waals surface area (Å²) in [6.45, 7) is 4.02. The van der Waals surface area contributed by atoms with Crippen LogP contribution in [0.15, 0.2) is 34.5 Å². The van der Waals surface area contributed by atoms with Gasteiger partial charge in [0, 0.05) is 0 Å². The Balaban J connectivity index is 3.06. The molecule has 0 radical (unpaired) electrons. The molecule has 0 saturated carbocycles. The molecule has 0 fully saturated rings. The molecule has 1 heterocycles. The molecule has 0 amide bonds. The summed E-state index contributed by atoms with van der Waals surface area (Å²) < 4.78 is 0. The van der Waals surface area contributed by atoms with Gasteiger partial charge in [0.25, 0.3) is 0 Å². The van der Waals surface area contributed by atoms with Crippen molar-refractivity contribution in [1.29, 1.82) is 0 Å². The largest absolute Gasteiger partial charge is 0.211 e. The predicted molar refractivity (Wildman–Crippen MR) is 39.5 cm³/mol. The number of rotatable bonds is 0. The van der Waals surface area contributed by atoms with Crippen molar-refractivity contribution in [2.24, 2.45) is 4.99 Å². The average Bonchev–Trinajstić information content (AvgIpc) is 1.99. The molecular weight excluding hydrogens is 110 g/mol. The van der Waals surface area contributed by atoms with Crippen LogP contribution in [0.5, 0.6) is 0 Å². The second-order valence-corrected chi connectivity index (χ2v) is 2.04. The van der Waals surface area contributed by atoms with Crippen molar-refractivity contribution < 1.29 is 0 Å². The standard InChI is InChI=1S/C8H9N/c1-7-5-3-4-6-9-8(7)2/h3-5H,1-2H3. The Hall–Kier alpha value is -1.07. The molecule has 0 N–H and O–H groups in total. The van der Waals surface area contributed by atoms with Crippen molar-refractivity contribution in [2.75, 3.05) is 0 Å². The minimum absolute atomic E-state index is 1.04. The van der Waals surface area contributed by atoms with Crippen LogP contribution < -0.4 is 0 Å². The molecule has 0 aromatic carbocycles. The smallest absolute Gasteiger partial charge is 0.0501 e. The quantitative estimate of drug-likeness (QED) is 0.463. The third kappa shape index (κ3) is 1.41. The highest BCUT2D eigenvalue weighted by Crippen LogP contribution is 2.06. The summed E-state index contributed by atoms with van der Waals surface area (Å²) in [5, 5.41) is 0. The van der Waals surface area contributed by atoms with Crippen LogP contribution in [0.4, 0.5) is 0 Å². The Morgan fingerprint density at radius 3 is 3.00 bits per heavy atom. The van der Waals surface area contributed by atoms with Crippen LogP contribution in [0.3, 0.4) is 0 Å². The van der Waals surface area contributed by atoms with E-state index in [1.54, 1.807) is 6.08 Å². The van der Waals surface area contributed by atoms with E-state index in [1.807, 2.05) is 26.0 Å². The normalized spacial score (nSPS) is 16.7. The molecule has 0 aromatic rings. The second kappa shape index (κ2) is 2.47. The molecule has 0 unspecified atom stereocenters. The first-order valence-corrected chi connectivity index (χ1v) is 2.94. The average molecular weight is 119 g/mol. The summed E-state index contributed by atoms with van der Waals surface area (Å²) in [4.78, 5) is 4.02. The molecule has 0 aromatic heterocycles. The Labute approximate surface area is 55.1 Å². The molecule has 46 valence electrons. The summed E-state index contributed by atoms with van der Waals surface area (Å²) in [5.41, 5.74) is 2.25. The van der Waals surface area contributed by atoms with Crippen LogP contribution in [-0.4, -0.2) is 5.87 Å². The SMILES string of the molecule is CC1=C(C)N=C=CC=C1. The fraction of sp³-hybridized carbons (Fsp3) is 0.250. The van der Waals surface area contributed by atoms with Gasteiger partial charge >= 0.3 is 0 Å². The van der Waals surface area contributed by atoms with Gasteiger partial charge in [-0.2, -0.15) is 0 Å². The van der Waals surface area contributed by atoms with Gasteiger partial charge in [0.2, 0.25) is 0 Å². The number of allylic oxidation sites excluding steroid dienone is 5. The van der Waals surface area contributed by atoms with Crippen molar-refractivity contribution in [3.05, 3.63) is 29.5 Å². The lowest BCUT2D eigenvalue weighted by Crippen LogP contribution is -1.72. The summed E-state index contributed by atoms with van der Waals surface area (Å²) in [6.07, 6.45) is 5.77. The number of nitrogens with zero attached hydrogens (tertiary/aromatic N) is 1. The van der Waals surface area contributed by atoms with E-state index in [0.717, 1.165) is 5.70 Å². The van der Waals surface area contributed by atoms with Gasteiger partial charge in [0.15, 0.2) is 0 Å². The summed E-state index contributed by atoms with van der Waals surface area (Å²) in [6, 6.07) is 0. The van der Waals surface area contributed by atoms with Gasteiger partial charge in [-0.25, -0.2) is 4.99 Å². The fourth-order valence-electron chi connectivity index (χ4n) is 0.578. The molecule has 0 aliphatic carbocycles. The van der Waals surface area contributed by atoms with E-state index in [-0.39, 0.29) is 0 Å². The van der Waals surface area contributed by atoms with Crippen molar-refractivity contribution in [3.63, 3.8) is 0 Å². The zero-order valence-corrected chi connectivity index (χ0v) is 5.68. The highest BCUT2D eigenvalue weighted by molar-refractivity contribution is 5.58. The highest BCUT2D eigenvalue weighted by atomic mass is 14.7. The van der Waals surface area contributed by atoms with Crippen LogP contribution in [-0.2, 0) is 0 Å². The summed E-state index contributed by atoms with van der Waals surface area (Å²) in [7, 11) is 0. The molecule has 0 atom stereocenters. The maximum atomic E-state index is 4.02. The highest BCUT2D eigenvalue weighted by Gasteiger charge is 1.88. The van der Waals surface area contributed by atoms with Crippen LogP contribution in [0.2, 0.25) is 0 Å². The van der Waals surface area contributed by atoms with Crippen LogP contribution in [0, 0.1) is 0 Å².